The Labute approximate surface area is 198 Å². The molecular formula is C26H42N4O3. The van der Waals surface area contributed by atoms with E-state index in [9.17, 15) is 14.4 Å². The third-order valence-electron chi connectivity index (χ3n) is 7.40. The Morgan fingerprint density at radius 2 is 1.85 bits per heavy atom. The quantitative estimate of drug-likeness (QED) is 0.523. The number of aromatic nitrogens is 1. The summed E-state index contributed by atoms with van der Waals surface area (Å²) in [5.41, 5.74) is 1.94. The van der Waals surface area contributed by atoms with Gasteiger partial charge in [-0.2, -0.15) is 0 Å². The van der Waals surface area contributed by atoms with Gasteiger partial charge in [-0.25, -0.2) is 0 Å². The van der Waals surface area contributed by atoms with Gasteiger partial charge in [0.25, 0.3) is 5.91 Å². The SMILES string of the molecule is CCN(CC)CCNC(=O)c1c(CC2CCCC2)n(CCCN2CCCC2=O)c(C)cc1=O. The standard InChI is InChI=1S/C26H42N4O3/c1-4-28(5-2)17-13-27-26(33)25-22(19-21-10-6-7-11-21)30(20(3)18-23(25)31)16-9-15-29-14-8-12-24(29)32/h18,21H,4-17,19H2,1-3H3,(H,27,33). The number of aryl methyl sites for hydroxylation is 1. The lowest BCUT2D eigenvalue weighted by molar-refractivity contribution is -0.127. The fraction of sp³-hybridized carbons (Fsp3) is 0.731. The molecule has 1 aliphatic carbocycles. The summed E-state index contributed by atoms with van der Waals surface area (Å²) in [6, 6.07) is 1.61. The molecule has 3 rings (SSSR count). The molecule has 184 valence electrons. The van der Waals surface area contributed by atoms with Crippen molar-refractivity contribution in [1.29, 1.82) is 0 Å². The van der Waals surface area contributed by atoms with E-state index < -0.39 is 0 Å². The number of rotatable bonds is 12. The summed E-state index contributed by atoms with van der Waals surface area (Å²) in [6.07, 6.45) is 7.98. The van der Waals surface area contributed by atoms with Gasteiger partial charge in [0, 0.05) is 56.6 Å². The number of nitrogens with one attached hydrogen (secondary N) is 1. The lowest BCUT2D eigenvalue weighted by Crippen LogP contribution is -2.38. The monoisotopic (exact) mass is 458 g/mol. The van der Waals surface area contributed by atoms with Crippen LogP contribution in [-0.4, -0.2) is 65.4 Å². The van der Waals surface area contributed by atoms with Crippen molar-refractivity contribution in [3.63, 3.8) is 0 Å². The van der Waals surface area contributed by atoms with Gasteiger partial charge in [0.2, 0.25) is 5.91 Å². The van der Waals surface area contributed by atoms with Gasteiger partial charge in [0.05, 0.1) is 0 Å². The van der Waals surface area contributed by atoms with E-state index in [1.165, 1.54) is 12.8 Å². The first kappa shape index (κ1) is 25.5. The maximum absolute atomic E-state index is 13.2. The number of amides is 2. The number of hydrogen-bond acceptors (Lipinski definition) is 4. The van der Waals surface area contributed by atoms with Gasteiger partial charge >= 0.3 is 0 Å². The Morgan fingerprint density at radius 3 is 2.48 bits per heavy atom. The zero-order chi connectivity index (χ0) is 23.8. The van der Waals surface area contributed by atoms with Gasteiger partial charge in [0.1, 0.15) is 5.56 Å². The van der Waals surface area contributed by atoms with E-state index in [-0.39, 0.29) is 17.2 Å². The summed E-state index contributed by atoms with van der Waals surface area (Å²) in [6.45, 7) is 11.7. The Kier molecular flexibility index (Phi) is 9.53. The minimum absolute atomic E-state index is 0.174. The number of nitrogens with zero attached hydrogens (tertiary/aromatic N) is 3. The molecule has 0 unspecified atom stereocenters. The molecule has 1 aliphatic heterocycles. The Balaban J connectivity index is 1.80. The van der Waals surface area contributed by atoms with Crippen molar-refractivity contribution >= 4 is 11.8 Å². The maximum atomic E-state index is 13.2. The van der Waals surface area contributed by atoms with Crippen molar-refractivity contribution in [3.05, 3.63) is 33.2 Å². The molecule has 0 radical (unpaired) electrons. The van der Waals surface area contributed by atoms with Gasteiger partial charge in [-0.3, -0.25) is 14.4 Å². The first-order valence-electron chi connectivity index (χ1n) is 13.0. The summed E-state index contributed by atoms with van der Waals surface area (Å²) in [7, 11) is 0. The normalized spacial score (nSPS) is 16.8. The van der Waals surface area contributed by atoms with E-state index in [0.29, 0.717) is 24.4 Å². The van der Waals surface area contributed by atoms with Crippen molar-refractivity contribution in [2.24, 2.45) is 5.92 Å². The van der Waals surface area contributed by atoms with E-state index in [1.54, 1.807) is 6.07 Å². The van der Waals surface area contributed by atoms with Crippen LogP contribution in [0.25, 0.3) is 0 Å². The topological polar surface area (TPSA) is 74.7 Å². The van der Waals surface area contributed by atoms with Crippen molar-refractivity contribution in [2.45, 2.75) is 78.7 Å². The second-order valence-corrected chi connectivity index (χ2v) is 9.60. The molecule has 2 fully saturated rings. The highest BCUT2D eigenvalue weighted by Gasteiger charge is 2.25. The Hall–Kier alpha value is -2.15. The van der Waals surface area contributed by atoms with Crippen LogP contribution in [0.1, 0.15) is 80.5 Å². The van der Waals surface area contributed by atoms with Crippen LogP contribution in [0.5, 0.6) is 0 Å². The van der Waals surface area contributed by atoms with Crippen molar-refractivity contribution in [1.82, 2.24) is 19.7 Å². The molecule has 0 aromatic carbocycles. The minimum Gasteiger partial charge on any atom is -0.351 e. The average molecular weight is 459 g/mol. The zero-order valence-corrected chi connectivity index (χ0v) is 20.8. The summed E-state index contributed by atoms with van der Waals surface area (Å²) in [4.78, 5) is 42.4. The first-order valence-corrected chi connectivity index (χ1v) is 13.0. The van der Waals surface area contributed by atoms with E-state index >= 15 is 0 Å². The van der Waals surface area contributed by atoms with Crippen LogP contribution >= 0.6 is 0 Å². The largest absolute Gasteiger partial charge is 0.351 e. The van der Waals surface area contributed by atoms with Crippen LogP contribution in [0, 0.1) is 12.8 Å². The second-order valence-electron chi connectivity index (χ2n) is 9.60. The number of pyridine rings is 1. The molecule has 1 aromatic rings. The number of likely N-dealkylation sites (N-methyl/N-ethyl adjacent to an activating group) is 1. The molecule has 33 heavy (non-hydrogen) atoms. The number of hydrogen-bond donors (Lipinski definition) is 1. The van der Waals surface area contributed by atoms with Crippen LogP contribution in [0.15, 0.2) is 10.9 Å². The predicted molar refractivity (Wildman–Crippen MR) is 132 cm³/mol. The lowest BCUT2D eigenvalue weighted by atomic mass is 9.96. The van der Waals surface area contributed by atoms with E-state index in [4.69, 9.17) is 0 Å². The zero-order valence-electron chi connectivity index (χ0n) is 20.8. The summed E-state index contributed by atoms with van der Waals surface area (Å²) in [5, 5.41) is 3.01. The van der Waals surface area contributed by atoms with Gasteiger partial charge in [0.15, 0.2) is 5.43 Å². The number of carbonyl (C=O) groups excluding carboxylic acids is 2. The highest BCUT2D eigenvalue weighted by atomic mass is 16.2. The third-order valence-corrected chi connectivity index (χ3v) is 7.40. The van der Waals surface area contributed by atoms with E-state index in [0.717, 1.165) is 82.8 Å². The number of likely N-dealkylation sites (tertiary alicyclic amines) is 1. The predicted octanol–water partition coefficient (Wildman–Crippen LogP) is 2.97. The molecule has 0 atom stereocenters. The highest BCUT2D eigenvalue weighted by Crippen LogP contribution is 2.29. The van der Waals surface area contributed by atoms with Crippen molar-refractivity contribution in [3.8, 4) is 0 Å². The smallest absolute Gasteiger partial charge is 0.257 e. The van der Waals surface area contributed by atoms with Gasteiger partial charge in [-0.05, 0) is 45.2 Å². The van der Waals surface area contributed by atoms with Crippen molar-refractivity contribution < 1.29 is 9.59 Å². The average Bonchev–Trinajstić information content (AvgIpc) is 3.45. The van der Waals surface area contributed by atoms with Crippen LogP contribution in [0.3, 0.4) is 0 Å². The van der Waals surface area contributed by atoms with Gasteiger partial charge in [-0.1, -0.05) is 39.5 Å². The molecule has 1 saturated heterocycles. The van der Waals surface area contributed by atoms with Crippen LogP contribution in [0.4, 0.5) is 0 Å². The molecule has 1 aromatic heterocycles. The highest BCUT2D eigenvalue weighted by molar-refractivity contribution is 5.95. The van der Waals surface area contributed by atoms with Crippen LogP contribution in [0.2, 0.25) is 0 Å². The van der Waals surface area contributed by atoms with E-state index in [2.05, 4.69) is 28.6 Å². The second kappa shape index (κ2) is 12.4. The fourth-order valence-corrected chi connectivity index (χ4v) is 5.40. The number of carbonyl (C=O) groups is 2. The van der Waals surface area contributed by atoms with Crippen LogP contribution < -0.4 is 10.7 Å². The summed E-state index contributed by atoms with van der Waals surface area (Å²) in [5.74, 6) is 0.523. The Bertz CT molecular complexity index is 869. The maximum Gasteiger partial charge on any atom is 0.257 e. The van der Waals surface area contributed by atoms with Gasteiger partial charge < -0.3 is 19.7 Å². The molecule has 7 heteroatoms. The lowest BCUT2D eigenvalue weighted by Gasteiger charge is -2.24. The van der Waals surface area contributed by atoms with Crippen LogP contribution in [-0.2, 0) is 17.8 Å². The summed E-state index contributed by atoms with van der Waals surface area (Å²) >= 11 is 0. The fourth-order valence-electron chi connectivity index (χ4n) is 5.40. The molecule has 0 bridgehead atoms. The summed E-state index contributed by atoms with van der Waals surface area (Å²) < 4.78 is 2.18. The molecule has 1 N–H and O–H groups in total. The van der Waals surface area contributed by atoms with E-state index in [1.807, 2.05) is 11.8 Å². The molecule has 0 spiro atoms. The Morgan fingerprint density at radius 1 is 1.12 bits per heavy atom. The molecule has 2 aliphatic rings. The van der Waals surface area contributed by atoms with Gasteiger partial charge in [-0.15, -0.1) is 0 Å². The molecular weight excluding hydrogens is 416 g/mol. The molecule has 1 saturated carbocycles. The molecule has 7 nitrogen and oxygen atoms in total. The minimum atomic E-state index is -0.247. The van der Waals surface area contributed by atoms with Crippen molar-refractivity contribution in [2.75, 3.05) is 39.3 Å². The molecule has 2 amide bonds. The molecule has 2 heterocycles. The first-order chi connectivity index (χ1) is 15.9. The third kappa shape index (κ3) is 6.69.